The molecule has 0 saturated carbocycles. The second-order valence-electron chi connectivity index (χ2n) is 3.28. The molecule has 1 N–H and O–H groups in total. The van der Waals surface area contributed by atoms with E-state index in [0.29, 0.717) is 17.4 Å². The number of aryl methyl sites for hydroxylation is 1. The summed E-state index contributed by atoms with van der Waals surface area (Å²) < 4.78 is 10.6. The third-order valence-electron chi connectivity index (χ3n) is 2.31. The van der Waals surface area contributed by atoms with Crippen LogP contribution in [-0.2, 0) is 13.1 Å². The van der Waals surface area contributed by atoms with E-state index < -0.39 is 0 Å². The van der Waals surface area contributed by atoms with Gasteiger partial charge < -0.3 is 14.3 Å². The van der Waals surface area contributed by atoms with Crippen molar-refractivity contribution in [2.45, 2.75) is 20.0 Å². The van der Waals surface area contributed by atoms with Gasteiger partial charge in [0.15, 0.2) is 11.7 Å². The van der Waals surface area contributed by atoms with Crippen LogP contribution in [0.4, 0.5) is 0 Å². The molecule has 72 valence electrons. The number of oxazole rings is 1. The number of fused-ring (bicyclic) bond motifs is 1. The summed E-state index contributed by atoms with van der Waals surface area (Å²) in [5.74, 6) is 1.99. The van der Waals surface area contributed by atoms with Crippen molar-refractivity contribution in [3.8, 4) is 11.5 Å². The van der Waals surface area contributed by atoms with Gasteiger partial charge >= 0.3 is 0 Å². The maximum Gasteiger partial charge on any atom is 0.208 e. The Labute approximate surface area is 80.1 Å². The minimum atomic E-state index is 0.635. The van der Waals surface area contributed by atoms with Crippen molar-refractivity contribution in [3.05, 3.63) is 23.3 Å². The van der Waals surface area contributed by atoms with Crippen LogP contribution in [0.15, 0.2) is 15.1 Å². The van der Waals surface area contributed by atoms with E-state index in [4.69, 9.17) is 8.94 Å². The first kappa shape index (κ1) is 7.75. The molecule has 0 bridgehead atoms. The average molecular weight is 191 g/mol. The monoisotopic (exact) mass is 191 g/mol. The van der Waals surface area contributed by atoms with Gasteiger partial charge in [-0.3, -0.25) is 0 Å². The molecule has 0 spiro atoms. The Hall–Kier alpha value is -1.62. The molecule has 0 fully saturated rings. The fourth-order valence-corrected chi connectivity index (χ4v) is 1.63. The van der Waals surface area contributed by atoms with Gasteiger partial charge in [0.1, 0.15) is 5.69 Å². The lowest BCUT2D eigenvalue weighted by Gasteiger charge is -1.91. The minimum Gasteiger partial charge on any atom is -0.438 e. The summed E-state index contributed by atoms with van der Waals surface area (Å²) in [7, 11) is 0. The smallest absolute Gasteiger partial charge is 0.208 e. The van der Waals surface area contributed by atoms with Crippen LogP contribution in [0, 0.1) is 6.92 Å². The van der Waals surface area contributed by atoms with Crippen LogP contribution in [-0.4, -0.2) is 10.1 Å². The van der Waals surface area contributed by atoms with Crippen LogP contribution in [0.3, 0.4) is 0 Å². The van der Waals surface area contributed by atoms with Gasteiger partial charge in [0.2, 0.25) is 5.76 Å². The molecule has 0 amide bonds. The van der Waals surface area contributed by atoms with Crippen LogP contribution in [0.1, 0.15) is 17.1 Å². The van der Waals surface area contributed by atoms with E-state index in [0.717, 1.165) is 24.3 Å². The fraction of sp³-hybridized carbons (Fsp3) is 0.333. The highest BCUT2D eigenvalue weighted by atomic mass is 16.5. The minimum absolute atomic E-state index is 0.635. The molecule has 14 heavy (non-hydrogen) atoms. The van der Waals surface area contributed by atoms with Crippen molar-refractivity contribution in [1.82, 2.24) is 15.5 Å². The maximum absolute atomic E-state index is 5.38. The summed E-state index contributed by atoms with van der Waals surface area (Å²) >= 11 is 0. The Morgan fingerprint density at radius 2 is 2.36 bits per heavy atom. The van der Waals surface area contributed by atoms with Crippen molar-refractivity contribution >= 4 is 0 Å². The molecule has 5 heteroatoms. The first-order chi connectivity index (χ1) is 6.84. The third-order valence-corrected chi connectivity index (χ3v) is 2.31. The molecule has 0 aromatic carbocycles. The summed E-state index contributed by atoms with van der Waals surface area (Å²) in [5.41, 5.74) is 2.05. The number of hydrogen-bond acceptors (Lipinski definition) is 5. The van der Waals surface area contributed by atoms with Gasteiger partial charge in [-0.15, -0.1) is 0 Å². The average Bonchev–Trinajstić information content (AvgIpc) is 2.77. The Bertz CT molecular complexity index is 472. The second kappa shape index (κ2) is 2.68. The quantitative estimate of drug-likeness (QED) is 0.734. The molecule has 2 aromatic heterocycles. The molecule has 1 aliphatic heterocycles. The molecule has 3 rings (SSSR count). The van der Waals surface area contributed by atoms with E-state index in [2.05, 4.69) is 15.5 Å². The highest BCUT2D eigenvalue weighted by molar-refractivity contribution is 5.55. The Morgan fingerprint density at radius 1 is 1.43 bits per heavy atom. The normalized spacial score (nSPS) is 14.6. The van der Waals surface area contributed by atoms with Gasteiger partial charge in [-0.2, -0.15) is 0 Å². The molecule has 2 aromatic rings. The standard InChI is InChI=1S/C9H9N3O2/c1-5-11-4-8(13-5)9-6-2-10-3-7(6)12-14-9/h4,10H,2-3H2,1H3. The highest BCUT2D eigenvalue weighted by Crippen LogP contribution is 2.29. The Kier molecular flexibility index (Phi) is 1.49. The zero-order chi connectivity index (χ0) is 9.54. The summed E-state index contributed by atoms with van der Waals surface area (Å²) in [4.78, 5) is 4.02. The van der Waals surface area contributed by atoms with E-state index in [1.165, 1.54) is 0 Å². The molecule has 5 nitrogen and oxygen atoms in total. The number of aromatic nitrogens is 2. The van der Waals surface area contributed by atoms with Crippen LogP contribution < -0.4 is 5.32 Å². The molecule has 3 heterocycles. The predicted octanol–water partition coefficient (Wildman–Crippen LogP) is 1.24. The molecule has 0 atom stereocenters. The molecule has 0 unspecified atom stereocenters. The van der Waals surface area contributed by atoms with Gasteiger partial charge in [0.05, 0.1) is 6.20 Å². The van der Waals surface area contributed by atoms with Gasteiger partial charge in [0, 0.05) is 25.6 Å². The molecular formula is C9H9N3O2. The Balaban J connectivity index is 2.12. The number of hydrogen-bond donors (Lipinski definition) is 1. The van der Waals surface area contributed by atoms with Crippen LogP contribution in [0.2, 0.25) is 0 Å². The summed E-state index contributed by atoms with van der Waals surface area (Å²) in [6, 6.07) is 0. The van der Waals surface area contributed by atoms with Crippen molar-refractivity contribution in [2.75, 3.05) is 0 Å². The van der Waals surface area contributed by atoms with Gasteiger partial charge in [0.25, 0.3) is 0 Å². The molecule has 0 aliphatic carbocycles. The molecule has 1 aliphatic rings. The lowest BCUT2D eigenvalue weighted by Crippen LogP contribution is -2.01. The third kappa shape index (κ3) is 0.990. The zero-order valence-corrected chi connectivity index (χ0v) is 7.70. The lowest BCUT2D eigenvalue weighted by molar-refractivity contribution is 0.402. The number of rotatable bonds is 1. The highest BCUT2D eigenvalue weighted by Gasteiger charge is 2.23. The van der Waals surface area contributed by atoms with Crippen molar-refractivity contribution in [3.63, 3.8) is 0 Å². The topological polar surface area (TPSA) is 64.1 Å². The van der Waals surface area contributed by atoms with Gasteiger partial charge in [-0.25, -0.2) is 4.98 Å². The van der Waals surface area contributed by atoms with Gasteiger partial charge in [-0.1, -0.05) is 5.16 Å². The zero-order valence-electron chi connectivity index (χ0n) is 7.70. The van der Waals surface area contributed by atoms with Crippen molar-refractivity contribution in [1.29, 1.82) is 0 Å². The van der Waals surface area contributed by atoms with Gasteiger partial charge in [-0.05, 0) is 0 Å². The van der Waals surface area contributed by atoms with Crippen LogP contribution in [0.25, 0.3) is 11.5 Å². The van der Waals surface area contributed by atoms with E-state index in [1.54, 1.807) is 13.1 Å². The van der Waals surface area contributed by atoms with E-state index in [9.17, 15) is 0 Å². The summed E-state index contributed by atoms with van der Waals surface area (Å²) in [6.45, 7) is 3.36. The lowest BCUT2D eigenvalue weighted by atomic mass is 10.2. The number of nitrogens with one attached hydrogen (secondary N) is 1. The summed E-state index contributed by atoms with van der Waals surface area (Å²) in [5, 5.41) is 7.16. The predicted molar refractivity (Wildman–Crippen MR) is 47.3 cm³/mol. The SMILES string of the molecule is Cc1ncc(-c2onc3c2CNC3)o1. The van der Waals surface area contributed by atoms with Crippen LogP contribution >= 0.6 is 0 Å². The first-order valence-electron chi connectivity index (χ1n) is 4.45. The van der Waals surface area contributed by atoms with Crippen LogP contribution in [0.5, 0.6) is 0 Å². The Morgan fingerprint density at radius 3 is 3.14 bits per heavy atom. The van der Waals surface area contributed by atoms with Crippen molar-refractivity contribution in [2.24, 2.45) is 0 Å². The second-order valence-corrected chi connectivity index (χ2v) is 3.28. The largest absolute Gasteiger partial charge is 0.438 e. The number of nitrogens with zero attached hydrogens (tertiary/aromatic N) is 2. The first-order valence-corrected chi connectivity index (χ1v) is 4.45. The summed E-state index contributed by atoms with van der Waals surface area (Å²) in [6.07, 6.45) is 1.66. The maximum atomic E-state index is 5.38. The fourth-order valence-electron chi connectivity index (χ4n) is 1.63. The molecule has 0 radical (unpaired) electrons. The molecule has 0 saturated heterocycles. The van der Waals surface area contributed by atoms with E-state index in [-0.39, 0.29) is 0 Å². The molecular weight excluding hydrogens is 182 g/mol. The van der Waals surface area contributed by atoms with E-state index in [1.807, 2.05) is 0 Å². The van der Waals surface area contributed by atoms with Crippen molar-refractivity contribution < 1.29 is 8.94 Å². The van der Waals surface area contributed by atoms with E-state index >= 15 is 0 Å².